The molecule has 4 rings (SSSR count). The second-order valence-electron chi connectivity index (χ2n) is 12.0. The van der Waals surface area contributed by atoms with Crippen molar-refractivity contribution in [2.24, 2.45) is 17.6 Å². The van der Waals surface area contributed by atoms with Crippen LogP contribution in [0.25, 0.3) is 6.08 Å². The van der Waals surface area contributed by atoms with E-state index in [2.05, 4.69) is 27.5 Å². The molecule has 0 bridgehead atoms. The smallest absolute Gasteiger partial charge is 0.303 e. The first-order valence-corrected chi connectivity index (χ1v) is 15.5. The van der Waals surface area contributed by atoms with Gasteiger partial charge in [-0.1, -0.05) is 20.8 Å². The number of nitrogens with one attached hydrogen (secondary N) is 4. The molecule has 2 amide bonds. The van der Waals surface area contributed by atoms with E-state index < -0.39 is 11.9 Å². The summed E-state index contributed by atoms with van der Waals surface area (Å²) in [5, 5.41) is 25.1. The van der Waals surface area contributed by atoms with Crippen molar-refractivity contribution in [2.75, 3.05) is 0 Å². The number of allylic oxidation sites excluding steroid dienone is 1. The summed E-state index contributed by atoms with van der Waals surface area (Å²) >= 11 is 0. The summed E-state index contributed by atoms with van der Waals surface area (Å²) in [6, 6.07) is -0.186. The highest BCUT2D eigenvalue weighted by molar-refractivity contribution is 5.97. The average Bonchev–Trinajstić information content (AvgIpc) is 3.63. The number of aromatic amines is 2. The fourth-order valence-electron chi connectivity index (χ4n) is 6.83. The maximum absolute atomic E-state index is 12.5. The largest absolute Gasteiger partial charge is 0.481 e. The SMILES string of the molecule is CCC1=C(C)[C@@H](Cc2[nH]c(Cc3[nH]c(/C=C4\NC(=O)[C@H](C)[C@H]4CC)c(C)c3CCC(=O)O)c(CCC(=O)O)c2CN)NC1=O. The maximum atomic E-state index is 12.5. The van der Waals surface area contributed by atoms with Crippen molar-refractivity contribution in [2.45, 2.75) is 98.6 Å². The van der Waals surface area contributed by atoms with Crippen LogP contribution in [0.4, 0.5) is 0 Å². The van der Waals surface area contributed by atoms with Crippen LogP contribution in [-0.2, 0) is 51.4 Å². The van der Waals surface area contributed by atoms with E-state index in [-0.39, 0.29) is 55.5 Å². The lowest BCUT2D eigenvalue weighted by Gasteiger charge is -2.13. The molecule has 0 aliphatic carbocycles. The Labute approximate surface area is 257 Å². The highest BCUT2D eigenvalue weighted by Gasteiger charge is 2.34. The molecule has 238 valence electrons. The van der Waals surface area contributed by atoms with Crippen molar-refractivity contribution in [3.05, 3.63) is 61.9 Å². The normalized spacial score (nSPS) is 21.0. The number of nitrogens with two attached hydrogens (primary N) is 1. The highest BCUT2D eigenvalue weighted by Crippen LogP contribution is 2.33. The molecule has 44 heavy (non-hydrogen) atoms. The van der Waals surface area contributed by atoms with Crippen molar-refractivity contribution >= 4 is 29.8 Å². The Morgan fingerprint density at radius 2 is 1.57 bits per heavy atom. The molecule has 11 heteroatoms. The van der Waals surface area contributed by atoms with Crippen LogP contribution in [-0.4, -0.2) is 50.0 Å². The number of carboxylic acids is 2. The predicted octanol–water partition coefficient (Wildman–Crippen LogP) is 3.64. The topological polar surface area (TPSA) is 190 Å². The highest BCUT2D eigenvalue weighted by atomic mass is 16.4. The second-order valence-corrected chi connectivity index (χ2v) is 12.0. The molecular weight excluding hydrogens is 562 g/mol. The molecule has 2 aromatic rings. The van der Waals surface area contributed by atoms with E-state index >= 15 is 0 Å². The van der Waals surface area contributed by atoms with Gasteiger partial charge in [0.05, 0.1) is 6.04 Å². The van der Waals surface area contributed by atoms with Crippen LogP contribution in [0.2, 0.25) is 0 Å². The summed E-state index contributed by atoms with van der Waals surface area (Å²) in [5.74, 6) is -1.95. The Kier molecular flexibility index (Phi) is 10.2. The molecule has 2 aromatic heterocycles. The van der Waals surface area contributed by atoms with Crippen LogP contribution in [0, 0.1) is 18.8 Å². The van der Waals surface area contributed by atoms with Crippen LogP contribution < -0.4 is 16.4 Å². The van der Waals surface area contributed by atoms with Gasteiger partial charge >= 0.3 is 11.9 Å². The second kappa shape index (κ2) is 13.7. The fourth-order valence-corrected chi connectivity index (χ4v) is 6.83. The first-order chi connectivity index (χ1) is 20.9. The zero-order valence-electron chi connectivity index (χ0n) is 26.3. The third-order valence-electron chi connectivity index (χ3n) is 9.40. The number of carboxylic acid groups (broad SMARTS) is 2. The van der Waals surface area contributed by atoms with Gasteiger partial charge in [0.2, 0.25) is 11.8 Å². The van der Waals surface area contributed by atoms with Crippen LogP contribution in [0.5, 0.6) is 0 Å². The molecule has 2 aliphatic heterocycles. The van der Waals surface area contributed by atoms with E-state index in [4.69, 9.17) is 5.73 Å². The number of amides is 2. The van der Waals surface area contributed by atoms with E-state index in [1.54, 1.807) is 0 Å². The lowest BCUT2D eigenvalue weighted by molar-refractivity contribution is -0.138. The minimum absolute atomic E-state index is 0.00970. The Bertz CT molecular complexity index is 1530. The number of H-pyrrole nitrogens is 2. The molecule has 4 heterocycles. The Hall–Kier alpha value is -4.12. The molecule has 0 aromatic carbocycles. The van der Waals surface area contributed by atoms with Crippen molar-refractivity contribution < 1.29 is 29.4 Å². The molecule has 0 unspecified atom stereocenters. The average molecular weight is 608 g/mol. The van der Waals surface area contributed by atoms with Gasteiger partial charge < -0.3 is 36.5 Å². The molecular formula is C33H45N5O6. The number of rotatable bonds is 14. The first-order valence-electron chi connectivity index (χ1n) is 15.5. The molecule has 0 radical (unpaired) electrons. The van der Waals surface area contributed by atoms with Crippen molar-refractivity contribution in [1.82, 2.24) is 20.6 Å². The van der Waals surface area contributed by atoms with Crippen molar-refractivity contribution in [1.29, 1.82) is 0 Å². The van der Waals surface area contributed by atoms with E-state index in [9.17, 15) is 29.4 Å². The minimum Gasteiger partial charge on any atom is -0.481 e. The van der Waals surface area contributed by atoms with Crippen LogP contribution in [0.3, 0.4) is 0 Å². The number of carbonyl (C=O) groups is 4. The Morgan fingerprint density at radius 1 is 0.932 bits per heavy atom. The lowest BCUT2D eigenvalue weighted by Crippen LogP contribution is -2.31. The van der Waals surface area contributed by atoms with E-state index in [0.29, 0.717) is 25.7 Å². The van der Waals surface area contributed by atoms with Crippen LogP contribution >= 0.6 is 0 Å². The van der Waals surface area contributed by atoms with E-state index in [1.165, 1.54) is 0 Å². The van der Waals surface area contributed by atoms with Gasteiger partial charge in [0.1, 0.15) is 0 Å². The van der Waals surface area contributed by atoms with Gasteiger partial charge in [-0.05, 0) is 73.4 Å². The fraction of sp³-hybridized carbons (Fsp3) is 0.515. The predicted molar refractivity (Wildman–Crippen MR) is 167 cm³/mol. The van der Waals surface area contributed by atoms with Crippen LogP contribution in [0.15, 0.2) is 16.8 Å². The molecule has 2 aliphatic rings. The third kappa shape index (κ3) is 6.67. The minimum atomic E-state index is -0.916. The Morgan fingerprint density at radius 3 is 2.14 bits per heavy atom. The zero-order chi connectivity index (χ0) is 32.3. The quantitative estimate of drug-likeness (QED) is 0.171. The molecule has 0 saturated carbocycles. The van der Waals surface area contributed by atoms with Crippen molar-refractivity contribution in [3.8, 4) is 0 Å². The van der Waals surface area contributed by atoms with Gasteiger partial charge in [-0.2, -0.15) is 0 Å². The van der Waals surface area contributed by atoms with Gasteiger partial charge in [-0.15, -0.1) is 0 Å². The number of carbonyl (C=O) groups excluding carboxylic acids is 2. The summed E-state index contributed by atoms with van der Waals surface area (Å²) in [6.45, 7) is 10.0. The number of hydrogen-bond acceptors (Lipinski definition) is 5. The lowest BCUT2D eigenvalue weighted by atomic mass is 9.92. The zero-order valence-corrected chi connectivity index (χ0v) is 26.3. The van der Waals surface area contributed by atoms with Gasteiger partial charge in [-0.25, -0.2) is 0 Å². The van der Waals surface area contributed by atoms with Gasteiger partial charge in [0.25, 0.3) is 0 Å². The molecule has 0 spiro atoms. The third-order valence-corrected chi connectivity index (χ3v) is 9.40. The number of aromatic nitrogens is 2. The summed E-state index contributed by atoms with van der Waals surface area (Å²) in [5.41, 5.74) is 15.7. The monoisotopic (exact) mass is 607 g/mol. The number of aliphatic carboxylic acids is 2. The Balaban J connectivity index is 1.77. The summed E-state index contributed by atoms with van der Waals surface area (Å²) in [7, 11) is 0. The van der Waals surface area contributed by atoms with Crippen LogP contribution in [0.1, 0.15) is 98.4 Å². The summed E-state index contributed by atoms with van der Waals surface area (Å²) < 4.78 is 0. The van der Waals surface area contributed by atoms with E-state index in [1.807, 2.05) is 33.8 Å². The molecule has 1 fully saturated rings. The van der Waals surface area contributed by atoms with Gasteiger partial charge in [-0.3, -0.25) is 19.2 Å². The van der Waals surface area contributed by atoms with E-state index in [0.717, 1.165) is 68.3 Å². The standard InChI is InChI=1S/C33H45N5O6/c1-6-19-18(5)32(43)38-26(19)12-24-17(4)21(8-10-30(39)40)27(35-24)14-28-22(9-11-31(41)42)23(15-34)29(36-28)13-25-16(3)20(7-2)33(44)37-25/h12,18-19,25,35-36H,6-11,13-15,34H2,1-5H3,(H,37,44)(H,38,43)(H,39,40)(H,41,42)/b26-12-/t18-,19-,25-/m1/s1. The first kappa shape index (κ1) is 32.8. The van der Waals surface area contributed by atoms with Gasteiger partial charge in [0, 0.05) is 78.1 Å². The number of hydrogen-bond donors (Lipinski definition) is 7. The molecule has 11 nitrogen and oxygen atoms in total. The molecule has 1 saturated heterocycles. The molecule has 8 N–H and O–H groups in total. The van der Waals surface area contributed by atoms with Gasteiger partial charge in [0.15, 0.2) is 0 Å². The summed E-state index contributed by atoms with van der Waals surface area (Å²) in [6.07, 6.45) is 4.76. The summed E-state index contributed by atoms with van der Waals surface area (Å²) in [4.78, 5) is 55.1. The maximum Gasteiger partial charge on any atom is 0.303 e. The van der Waals surface area contributed by atoms with Crippen molar-refractivity contribution in [3.63, 3.8) is 0 Å². The molecule has 3 atom stereocenters.